The Balaban J connectivity index is 1.60. The van der Waals surface area contributed by atoms with Gasteiger partial charge in [0.05, 0.1) is 0 Å². The van der Waals surface area contributed by atoms with E-state index in [1.54, 1.807) is 12.1 Å². The molecule has 1 saturated carbocycles. The third-order valence-corrected chi connectivity index (χ3v) is 5.33. The molecule has 0 bridgehead atoms. The number of rotatable bonds is 4. The van der Waals surface area contributed by atoms with E-state index in [0.717, 1.165) is 38.0 Å². The van der Waals surface area contributed by atoms with Crippen molar-refractivity contribution in [1.82, 2.24) is 4.90 Å². The SMILES string of the molecule is CC(N)C1CCCN(C(=O)c2ccc(NC(=O)C3CC3C)cc2)C1. The fraction of sp³-hybridized carbons (Fsp3) is 0.579. The Labute approximate surface area is 143 Å². The normalized spacial score (nSPS) is 27.5. The molecule has 1 saturated heterocycles. The summed E-state index contributed by atoms with van der Waals surface area (Å²) >= 11 is 0. The van der Waals surface area contributed by atoms with Crippen LogP contribution in [0.25, 0.3) is 0 Å². The Kier molecular flexibility index (Phi) is 4.90. The molecule has 2 aliphatic rings. The summed E-state index contributed by atoms with van der Waals surface area (Å²) in [6, 6.07) is 7.33. The zero-order valence-electron chi connectivity index (χ0n) is 14.5. The van der Waals surface area contributed by atoms with Crippen LogP contribution in [-0.4, -0.2) is 35.8 Å². The van der Waals surface area contributed by atoms with E-state index in [1.165, 1.54) is 0 Å². The second-order valence-corrected chi connectivity index (χ2v) is 7.40. The van der Waals surface area contributed by atoms with Crippen LogP contribution >= 0.6 is 0 Å². The zero-order valence-corrected chi connectivity index (χ0v) is 14.5. The predicted octanol–water partition coefficient (Wildman–Crippen LogP) is 2.48. The van der Waals surface area contributed by atoms with Gasteiger partial charge in [0.25, 0.3) is 5.91 Å². The summed E-state index contributed by atoms with van der Waals surface area (Å²) < 4.78 is 0. The van der Waals surface area contributed by atoms with Crippen molar-refractivity contribution in [3.05, 3.63) is 29.8 Å². The molecular formula is C19H27N3O2. The second kappa shape index (κ2) is 6.93. The van der Waals surface area contributed by atoms with Crippen molar-refractivity contribution in [2.75, 3.05) is 18.4 Å². The van der Waals surface area contributed by atoms with Crippen LogP contribution in [0.2, 0.25) is 0 Å². The minimum absolute atomic E-state index is 0.0500. The average Bonchev–Trinajstić information content (AvgIpc) is 3.32. The number of likely N-dealkylation sites (tertiary alicyclic amines) is 1. The van der Waals surface area contributed by atoms with Gasteiger partial charge in [-0.1, -0.05) is 6.92 Å². The number of piperidine rings is 1. The predicted molar refractivity (Wildman–Crippen MR) is 94.6 cm³/mol. The van der Waals surface area contributed by atoms with E-state index >= 15 is 0 Å². The molecule has 24 heavy (non-hydrogen) atoms. The van der Waals surface area contributed by atoms with Crippen molar-refractivity contribution in [3.8, 4) is 0 Å². The Morgan fingerprint density at radius 1 is 1.29 bits per heavy atom. The highest BCUT2D eigenvalue weighted by Crippen LogP contribution is 2.38. The summed E-state index contributed by atoms with van der Waals surface area (Å²) in [5.41, 5.74) is 7.41. The topological polar surface area (TPSA) is 75.4 Å². The summed E-state index contributed by atoms with van der Waals surface area (Å²) in [5.74, 6) is 1.14. The van der Waals surface area contributed by atoms with E-state index in [0.29, 0.717) is 17.4 Å². The lowest BCUT2D eigenvalue weighted by Crippen LogP contribution is -2.45. The molecule has 4 unspecified atom stereocenters. The Hall–Kier alpha value is -1.88. The summed E-state index contributed by atoms with van der Waals surface area (Å²) in [6.07, 6.45) is 3.07. The number of carbonyl (C=O) groups is 2. The van der Waals surface area contributed by atoms with Gasteiger partial charge in [-0.15, -0.1) is 0 Å². The number of nitrogens with two attached hydrogens (primary N) is 1. The molecule has 0 radical (unpaired) electrons. The molecule has 3 rings (SSSR count). The first-order valence-electron chi connectivity index (χ1n) is 8.91. The number of carbonyl (C=O) groups excluding carboxylic acids is 2. The Morgan fingerprint density at radius 3 is 2.54 bits per heavy atom. The van der Waals surface area contributed by atoms with Gasteiger partial charge >= 0.3 is 0 Å². The average molecular weight is 329 g/mol. The molecule has 1 aromatic rings. The van der Waals surface area contributed by atoms with Crippen molar-refractivity contribution >= 4 is 17.5 Å². The van der Waals surface area contributed by atoms with Gasteiger partial charge in [-0.25, -0.2) is 0 Å². The van der Waals surface area contributed by atoms with Gasteiger partial charge in [0.2, 0.25) is 5.91 Å². The van der Waals surface area contributed by atoms with Gasteiger partial charge in [0, 0.05) is 36.3 Å². The number of amides is 2. The van der Waals surface area contributed by atoms with Crippen molar-refractivity contribution < 1.29 is 9.59 Å². The maximum absolute atomic E-state index is 12.7. The number of anilines is 1. The van der Waals surface area contributed by atoms with E-state index in [9.17, 15) is 9.59 Å². The lowest BCUT2D eigenvalue weighted by molar-refractivity contribution is -0.117. The molecule has 1 heterocycles. The molecule has 2 amide bonds. The molecule has 1 aliphatic heterocycles. The van der Waals surface area contributed by atoms with Gasteiger partial charge in [0.1, 0.15) is 0 Å². The van der Waals surface area contributed by atoms with Crippen molar-refractivity contribution in [2.24, 2.45) is 23.5 Å². The second-order valence-electron chi connectivity index (χ2n) is 7.40. The van der Waals surface area contributed by atoms with Crippen LogP contribution in [0.5, 0.6) is 0 Å². The smallest absolute Gasteiger partial charge is 0.253 e. The van der Waals surface area contributed by atoms with Crippen molar-refractivity contribution in [1.29, 1.82) is 0 Å². The lowest BCUT2D eigenvalue weighted by atomic mass is 9.92. The van der Waals surface area contributed by atoms with Crippen LogP contribution in [0.4, 0.5) is 5.69 Å². The fourth-order valence-electron chi connectivity index (χ4n) is 3.42. The number of nitrogens with zero attached hydrogens (tertiary/aromatic N) is 1. The third kappa shape index (κ3) is 3.78. The monoisotopic (exact) mass is 329 g/mol. The van der Waals surface area contributed by atoms with E-state index in [4.69, 9.17) is 5.73 Å². The standard InChI is InChI=1S/C19H27N3O2/c1-12-10-17(12)18(23)21-16-7-5-14(6-8-16)19(24)22-9-3-4-15(11-22)13(2)20/h5-8,12-13,15,17H,3-4,9-11,20H2,1-2H3,(H,21,23). The highest BCUT2D eigenvalue weighted by Gasteiger charge is 2.39. The first-order valence-corrected chi connectivity index (χ1v) is 8.91. The highest BCUT2D eigenvalue weighted by molar-refractivity contribution is 5.97. The molecule has 0 spiro atoms. The Morgan fingerprint density at radius 2 is 1.96 bits per heavy atom. The van der Waals surface area contributed by atoms with Gasteiger partial charge in [-0.3, -0.25) is 9.59 Å². The van der Waals surface area contributed by atoms with Crippen LogP contribution in [0.15, 0.2) is 24.3 Å². The van der Waals surface area contributed by atoms with Crippen molar-refractivity contribution in [3.63, 3.8) is 0 Å². The summed E-state index contributed by atoms with van der Waals surface area (Å²) in [7, 11) is 0. The molecule has 2 fully saturated rings. The van der Waals surface area contributed by atoms with Crippen LogP contribution in [-0.2, 0) is 4.79 Å². The zero-order chi connectivity index (χ0) is 17.3. The quantitative estimate of drug-likeness (QED) is 0.891. The summed E-state index contributed by atoms with van der Waals surface area (Å²) in [4.78, 5) is 26.5. The van der Waals surface area contributed by atoms with E-state index in [1.807, 2.05) is 24.0 Å². The van der Waals surface area contributed by atoms with Gasteiger partial charge < -0.3 is 16.0 Å². The molecule has 1 aliphatic carbocycles. The van der Waals surface area contributed by atoms with Crippen LogP contribution < -0.4 is 11.1 Å². The maximum atomic E-state index is 12.7. The molecule has 0 aromatic heterocycles. The molecule has 1 aromatic carbocycles. The minimum Gasteiger partial charge on any atom is -0.338 e. The molecule has 130 valence electrons. The van der Waals surface area contributed by atoms with E-state index in [2.05, 4.69) is 12.2 Å². The number of hydrogen-bond donors (Lipinski definition) is 2. The highest BCUT2D eigenvalue weighted by atomic mass is 16.2. The van der Waals surface area contributed by atoms with Gasteiger partial charge in [-0.2, -0.15) is 0 Å². The summed E-state index contributed by atoms with van der Waals surface area (Å²) in [5, 5.41) is 2.92. The molecular weight excluding hydrogens is 302 g/mol. The number of benzene rings is 1. The van der Waals surface area contributed by atoms with E-state index in [-0.39, 0.29) is 23.8 Å². The van der Waals surface area contributed by atoms with E-state index < -0.39 is 0 Å². The first-order chi connectivity index (χ1) is 11.5. The summed E-state index contributed by atoms with van der Waals surface area (Å²) in [6.45, 7) is 5.62. The van der Waals surface area contributed by atoms with Crippen LogP contribution in [0.3, 0.4) is 0 Å². The maximum Gasteiger partial charge on any atom is 0.253 e. The first kappa shape index (κ1) is 17.0. The van der Waals surface area contributed by atoms with Gasteiger partial charge in [-0.05, 0) is 62.3 Å². The van der Waals surface area contributed by atoms with Crippen LogP contribution in [0, 0.1) is 17.8 Å². The molecule has 3 N–H and O–H groups in total. The molecule has 5 heteroatoms. The fourth-order valence-corrected chi connectivity index (χ4v) is 3.42. The Bertz CT molecular complexity index is 612. The minimum atomic E-state index is 0.0500. The molecule has 5 nitrogen and oxygen atoms in total. The van der Waals surface area contributed by atoms with Crippen LogP contribution in [0.1, 0.15) is 43.5 Å². The lowest BCUT2D eigenvalue weighted by Gasteiger charge is -2.34. The molecule has 4 atom stereocenters. The largest absolute Gasteiger partial charge is 0.338 e. The number of nitrogens with one attached hydrogen (secondary N) is 1. The van der Waals surface area contributed by atoms with Crippen molar-refractivity contribution in [2.45, 2.75) is 39.2 Å². The number of hydrogen-bond acceptors (Lipinski definition) is 3. The van der Waals surface area contributed by atoms with Gasteiger partial charge in [0.15, 0.2) is 0 Å². The third-order valence-electron chi connectivity index (χ3n) is 5.33.